The second-order valence-corrected chi connectivity index (χ2v) is 4.16. The van der Waals surface area contributed by atoms with Crippen LogP contribution in [0, 0.1) is 18.3 Å². The molecule has 1 N–H and O–H groups in total. The Labute approximate surface area is 116 Å². The lowest BCUT2D eigenvalue weighted by molar-refractivity contribution is -0.121. The Hall–Kier alpha value is -2.87. The van der Waals surface area contributed by atoms with E-state index in [1.807, 2.05) is 19.1 Å². The van der Waals surface area contributed by atoms with Gasteiger partial charge in [0.05, 0.1) is 12.3 Å². The summed E-state index contributed by atoms with van der Waals surface area (Å²) in [5.74, 6) is -0.0575. The SMILES string of the molecule is Cc1ccc(/C=N\NC(=O)[C@H](C#N)c2ccccc2)o1. The Morgan fingerprint density at radius 3 is 2.70 bits per heavy atom. The van der Waals surface area contributed by atoms with Crippen molar-refractivity contribution in [1.82, 2.24) is 5.43 Å². The van der Waals surface area contributed by atoms with Crippen LogP contribution >= 0.6 is 0 Å². The van der Waals surface area contributed by atoms with Crippen molar-refractivity contribution < 1.29 is 9.21 Å². The number of furan rings is 1. The van der Waals surface area contributed by atoms with Crippen LogP contribution in [0.25, 0.3) is 0 Å². The first-order chi connectivity index (χ1) is 9.70. The van der Waals surface area contributed by atoms with Crippen molar-refractivity contribution in [2.75, 3.05) is 0 Å². The van der Waals surface area contributed by atoms with Gasteiger partial charge in [-0.05, 0) is 24.6 Å². The number of carbonyl (C=O) groups is 1. The van der Waals surface area contributed by atoms with Crippen molar-refractivity contribution in [1.29, 1.82) is 5.26 Å². The van der Waals surface area contributed by atoms with Crippen molar-refractivity contribution >= 4 is 12.1 Å². The van der Waals surface area contributed by atoms with Gasteiger partial charge in [-0.1, -0.05) is 30.3 Å². The largest absolute Gasteiger partial charge is 0.460 e. The van der Waals surface area contributed by atoms with E-state index in [0.717, 1.165) is 5.76 Å². The van der Waals surface area contributed by atoms with E-state index in [-0.39, 0.29) is 0 Å². The molecule has 0 spiro atoms. The Morgan fingerprint density at radius 1 is 1.35 bits per heavy atom. The molecule has 2 aromatic rings. The van der Waals surface area contributed by atoms with Gasteiger partial charge in [0.25, 0.3) is 5.91 Å². The normalized spacial score (nSPS) is 12.0. The number of nitrogens with zero attached hydrogens (tertiary/aromatic N) is 2. The molecule has 5 nitrogen and oxygen atoms in total. The third-order valence-electron chi connectivity index (χ3n) is 2.65. The van der Waals surface area contributed by atoms with Gasteiger partial charge in [0.2, 0.25) is 0 Å². The summed E-state index contributed by atoms with van der Waals surface area (Å²) < 4.78 is 5.27. The second kappa shape index (κ2) is 6.34. The highest BCUT2D eigenvalue weighted by atomic mass is 16.3. The molecule has 1 amide bonds. The van der Waals surface area contributed by atoms with E-state index >= 15 is 0 Å². The molecule has 0 fully saturated rings. The second-order valence-electron chi connectivity index (χ2n) is 4.16. The van der Waals surface area contributed by atoms with E-state index in [2.05, 4.69) is 10.5 Å². The molecular formula is C15H13N3O2. The summed E-state index contributed by atoms with van der Waals surface area (Å²) in [5.41, 5.74) is 2.97. The number of hydrazone groups is 1. The van der Waals surface area contributed by atoms with Crippen LogP contribution in [0.5, 0.6) is 0 Å². The van der Waals surface area contributed by atoms with Gasteiger partial charge in [-0.2, -0.15) is 10.4 Å². The molecule has 2 rings (SSSR count). The maximum absolute atomic E-state index is 11.9. The predicted molar refractivity (Wildman–Crippen MR) is 74.0 cm³/mol. The molecule has 5 heteroatoms. The van der Waals surface area contributed by atoms with E-state index < -0.39 is 11.8 Å². The van der Waals surface area contributed by atoms with Crippen LogP contribution in [0.15, 0.2) is 52.0 Å². The smallest absolute Gasteiger partial charge is 0.261 e. The molecule has 1 aromatic heterocycles. The third-order valence-corrected chi connectivity index (χ3v) is 2.65. The molecule has 20 heavy (non-hydrogen) atoms. The average molecular weight is 267 g/mol. The molecule has 0 aliphatic heterocycles. The van der Waals surface area contributed by atoms with E-state index in [1.165, 1.54) is 6.21 Å². The van der Waals surface area contributed by atoms with Gasteiger partial charge in [0, 0.05) is 0 Å². The fourth-order valence-electron chi connectivity index (χ4n) is 1.68. The molecule has 1 atom stereocenters. The van der Waals surface area contributed by atoms with Gasteiger partial charge in [-0.25, -0.2) is 5.43 Å². The lowest BCUT2D eigenvalue weighted by atomic mass is 10.0. The molecule has 0 bridgehead atoms. The van der Waals surface area contributed by atoms with Crippen LogP contribution in [0.2, 0.25) is 0 Å². The Balaban J connectivity index is 2.00. The summed E-state index contributed by atoms with van der Waals surface area (Å²) in [6.07, 6.45) is 1.39. The molecular weight excluding hydrogens is 254 g/mol. The molecule has 100 valence electrons. The van der Waals surface area contributed by atoms with Crippen LogP contribution in [0.4, 0.5) is 0 Å². The fraction of sp³-hybridized carbons (Fsp3) is 0.133. The molecule has 0 saturated heterocycles. The van der Waals surface area contributed by atoms with Crippen molar-refractivity contribution in [2.24, 2.45) is 5.10 Å². The monoisotopic (exact) mass is 267 g/mol. The topological polar surface area (TPSA) is 78.4 Å². The number of nitrogens with one attached hydrogen (secondary N) is 1. The molecule has 1 heterocycles. The molecule has 0 aliphatic rings. The van der Waals surface area contributed by atoms with Crippen molar-refractivity contribution in [3.05, 3.63) is 59.5 Å². The van der Waals surface area contributed by atoms with E-state index in [4.69, 9.17) is 9.68 Å². The van der Waals surface area contributed by atoms with E-state index in [9.17, 15) is 4.79 Å². The van der Waals surface area contributed by atoms with Crippen molar-refractivity contribution in [3.8, 4) is 6.07 Å². The molecule has 0 radical (unpaired) electrons. The van der Waals surface area contributed by atoms with Crippen LogP contribution in [-0.2, 0) is 4.79 Å². The molecule has 0 unspecified atom stereocenters. The minimum atomic E-state index is -0.883. The van der Waals surface area contributed by atoms with Crippen molar-refractivity contribution in [3.63, 3.8) is 0 Å². The first-order valence-electron chi connectivity index (χ1n) is 6.04. The number of hydrogen-bond acceptors (Lipinski definition) is 4. The maximum atomic E-state index is 11.9. The number of aryl methyl sites for hydroxylation is 1. The quantitative estimate of drug-likeness (QED) is 0.682. The average Bonchev–Trinajstić information content (AvgIpc) is 2.86. The predicted octanol–water partition coefficient (Wildman–Crippen LogP) is 2.35. The maximum Gasteiger partial charge on any atom is 0.261 e. The number of carbonyl (C=O) groups excluding carboxylic acids is 1. The van der Waals surface area contributed by atoms with E-state index in [1.54, 1.807) is 36.4 Å². The summed E-state index contributed by atoms with van der Waals surface area (Å²) in [4.78, 5) is 11.9. The lowest BCUT2D eigenvalue weighted by Crippen LogP contribution is -2.24. The van der Waals surface area contributed by atoms with Crippen LogP contribution in [-0.4, -0.2) is 12.1 Å². The fourth-order valence-corrected chi connectivity index (χ4v) is 1.68. The summed E-state index contributed by atoms with van der Waals surface area (Å²) >= 11 is 0. The minimum absolute atomic E-state index is 0.474. The van der Waals surface area contributed by atoms with Gasteiger partial charge in [0.15, 0.2) is 5.92 Å². The highest BCUT2D eigenvalue weighted by molar-refractivity contribution is 5.87. The molecule has 0 saturated carbocycles. The van der Waals surface area contributed by atoms with Gasteiger partial charge in [-0.15, -0.1) is 0 Å². The minimum Gasteiger partial charge on any atom is -0.460 e. The summed E-state index contributed by atoms with van der Waals surface area (Å²) in [7, 11) is 0. The van der Waals surface area contributed by atoms with Crippen LogP contribution < -0.4 is 5.43 Å². The van der Waals surface area contributed by atoms with E-state index in [0.29, 0.717) is 11.3 Å². The lowest BCUT2D eigenvalue weighted by Gasteiger charge is -2.06. The van der Waals surface area contributed by atoms with Gasteiger partial charge < -0.3 is 4.42 Å². The molecule has 1 aromatic carbocycles. The summed E-state index contributed by atoms with van der Waals surface area (Å²) in [6, 6.07) is 14.3. The third kappa shape index (κ3) is 3.33. The standard InChI is InChI=1S/C15H13N3O2/c1-11-7-8-13(20-11)10-17-18-15(19)14(9-16)12-5-3-2-4-6-12/h2-8,10,14H,1H3,(H,18,19)/b17-10-/t14-/m1/s1. The van der Waals surface area contributed by atoms with Crippen LogP contribution in [0.3, 0.4) is 0 Å². The highest BCUT2D eigenvalue weighted by Gasteiger charge is 2.19. The first kappa shape index (κ1) is 13.6. The summed E-state index contributed by atoms with van der Waals surface area (Å²) in [5, 5.41) is 12.9. The number of benzene rings is 1. The first-order valence-corrected chi connectivity index (χ1v) is 6.04. The summed E-state index contributed by atoms with van der Waals surface area (Å²) in [6.45, 7) is 1.82. The number of hydrogen-bond donors (Lipinski definition) is 1. The zero-order chi connectivity index (χ0) is 14.4. The zero-order valence-electron chi connectivity index (χ0n) is 10.9. The highest BCUT2D eigenvalue weighted by Crippen LogP contribution is 2.14. The Morgan fingerprint density at radius 2 is 2.10 bits per heavy atom. The van der Waals surface area contributed by atoms with Crippen molar-refractivity contribution in [2.45, 2.75) is 12.8 Å². The number of rotatable bonds is 4. The Bertz CT molecular complexity index is 653. The number of nitriles is 1. The van der Waals surface area contributed by atoms with Crippen LogP contribution in [0.1, 0.15) is 23.0 Å². The zero-order valence-corrected chi connectivity index (χ0v) is 10.9. The van der Waals surface area contributed by atoms with Gasteiger partial charge >= 0.3 is 0 Å². The van der Waals surface area contributed by atoms with Gasteiger partial charge in [0.1, 0.15) is 11.5 Å². The Kier molecular flexibility index (Phi) is 4.30. The molecule has 0 aliphatic carbocycles. The van der Waals surface area contributed by atoms with Gasteiger partial charge in [-0.3, -0.25) is 4.79 Å². The number of amides is 1.